The molecular formula is C23H21ClN4S2. The third-order valence-corrected chi connectivity index (χ3v) is 7.67. The summed E-state index contributed by atoms with van der Waals surface area (Å²) in [7, 11) is 0. The molecular weight excluding hydrogens is 432 g/mol. The Morgan fingerprint density at radius 1 is 1.07 bits per heavy atom. The van der Waals surface area contributed by atoms with Gasteiger partial charge in [-0.05, 0) is 30.9 Å². The van der Waals surface area contributed by atoms with E-state index < -0.39 is 0 Å². The van der Waals surface area contributed by atoms with Crippen molar-refractivity contribution in [2.45, 2.75) is 42.6 Å². The van der Waals surface area contributed by atoms with Crippen LogP contribution in [0.25, 0.3) is 10.6 Å². The summed E-state index contributed by atoms with van der Waals surface area (Å²) in [6.07, 6.45) is 1.15. The molecule has 2 aromatic carbocycles. The molecule has 1 saturated carbocycles. The van der Waals surface area contributed by atoms with Crippen molar-refractivity contribution < 1.29 is 0 Å². The zero-order chi connectivity index (χ0) is 20.5. The molecule has 0 saturated heterocycles. The summed E-state index contributed by atoms with van der Waals surface area (Å²) < 4.78 is 2.26. The molecule has 5 rings (SSSR count). The Labute approximate surface area is 189 Å². The van der Waals surface area contributed by atoms with E-state index in [1.54, 1.807) is 23.1 Å². The third kappa shape index (κ3) is 3.92. The number of benzene rings is 2. The van der Waals surface area contributed by atoms with Crippen LogP contribution >= 0.6 is 34.7 Å². The molecule has 0 aliphatic heterocycles. The normalized spacial score (nSPS) is 17.9. The molecule has 0 radical (unpaired) electrons. The van der Waals surface area contributed by atoms with Gasteiger partial charge in [-0.2, -0.15) is 0 Å². The fraction of sp³-hybridized carbons (Fsp3) is 0.261. The van der Waals surface area contributed by atoms with Gasteiger partial charge in [0.2, 0.25) is 0 Å². The Balaban J connectivity index is 1.28. The van der Waals surface area contributed by atoms with Gasteiger partial charge in [0.15, 0.2) is 5.16 Å². The lowest BCUT2D eigenvalue weighted by Crippen LogP contribution is -2.03. The van der Waals surface area contributed by atoms with Gasteiger partial charge >= 0.3 is 0 Å². The van der Waals surface area contributed by atoms with E-state index in [1.807, 2.05) is 24.3 Å². The van der Waals surface area contributed by atoms with Crippen LogP contribution in [0.5, 0.6) is 0 Å². The van der Waals surface area contributed by atoms with Crippen LogP contribution < -0.4 is 0 Å². The Kier molecular flexibility index (Phi) is 5.63. The number of hydrogen-bond donors (Lipinski definition) is 0. The van der Waals surface area contributed by atoms with E-state index in [1.165, 1.54) is 5.56 Å². The fourth-order valence-electron chi connectivity index (χ4n) is 3.80. The van der Waals surface area contributed by atoms with Crippen molar-refractivity contribution >= 4 is 34.7 Å². The van der Waals surface area contributed by atoms with E-state index in [0.29, 0.717) is 11.8 Å². The molecule has 2 unspecified atom stereocenters. The highest BCUT2D eigenvalue weighted by Crippen LogP contribution is 2.54. The first kappa shape index (κ1) is 19.8. The minimum absolute atomic E-state index is 0.472. The van der Waals surface area contributed by atoms with Crippen LogP contribution in [0.2, 0.25) is 5.02 Å². The zero-order valence-corrected chi connectivity index (χ0v) is 18.9. The summed E-state index contributed by atoms with van der Waals surface area (Å²) >= 11 is 9.64. The summed E-state index contributed by atoms with van der Waals surface area (Å²) in [6.45, 7) is 3.04. The second kappa shape index (κ2) is 8.53. The van der Waals surface area contributed by atoms with Gasteiger partial charge < -0.3 is 4.57 Å². The van der Waals surface area contributed by atoms with Crippen molar-refractivity contribution in [3.8, 4) is 10.6 Å². The van der Waals surface area contributed by atoms with Crippen molar-refractivity contribution in [1.29, 1.82) is 0 Å². The van der Waals surface area contributed by atoms with Crippen LogP contribution in [0.15, 0.2) is 65.1 Å². The molecule has 1 aliphatic rings. The summed E-state index contributed by atoms with van der Waals surface area (Å²) in [5.74, 6) is 2.92. The fourth-order valence-corrected chi connectivity index (χ4v) is 5.94. The standard InChI is InChI=1S/C23H21ClN4S2/c1-2-28-21(19-12-18(19)15-8-4-3-5-9-15)26-27-23(28)30-14-16-13-29-22(25-16)17-10-6-7-11-20(17)24/h3-11,13,18-19H,2,12,14H2,1H3. The summed E-state index contributed by atoms with van der Waals surface area (Å²) in [4.78, 5) is 4.77. The van der Waals surface area contributed by atoms with Crippen LogP contribution in [-0.2, 0) is 12.3 Å². The molecule has 1 fully saturated rings. The van der Waals surface area contributed by atoms with E-state index in [4.69, 9.17) is 16.6 Å². The monoisotopic (exact) mass is 452 g/mol. The lowest BCUT2D eigenvalue weighted by Gasteiger charge is -2.07. The van der Waals surface area contributed by atoms with E-state index in [-0.39, 0.29) is 0 Å². The minimum atomic E-state index is 0.472. The number of aromatic nitrogens is 4. The number of hydrogen-bond acceptors (Lipinski definition) is 5. The number of nitrogens with zero attached hydrogens (tertiary/aromatic N) is 4. The number of halogens is 1. The quantitative estimate of drug-likeness (QED) is 0.295. The molecule has 7 heteroatoms. The Morgan fingerprint density at radius 2 is 1.87 bits per heavy atom. The van der Waals surface area contributed by atoms with E-state index in [9.17, 15) is 0 Å². The highest BCUT2D eigenvalue weighted by molar-refractivity contribution is 7.98. The maximum absolute atomic E-state index is 6.31. The Hall–Kier alpha value is -2.15. The molecule has 152 valence electrons. The highest BCUT2D eigenvalue weighted by Gasteiger charge is 2.43. The number of thioether (sulfide) groups is 1. The smallest absolute Gasteiger partial charge is 0.191 e. The number of rotatable bonds is 7. The van der Waals surface area contributed by atoms with Crippen LogP contribution in [0.1, 0.15) is 42.3 Å². The maximum Gasteiger partial charge on any atom is 0.191 e. The SMILES string of the molecule is CCn1c(SCc2csc(-c3ccccc3Cl)n2)nnc1C1CC1c1ccccc1. The van der Waals surface area contributed by atoms with Gasteiger partial charge in [-0.1, -0.05) is 71.9 Å². The molecule has 0 amide bonds. The van der Waals surface area contributed by atoms with Crippen LogP contribution in [0.4, 0.5) is 0 Å². The van der Waals surface area contributed by atoms with Crippen LogP contribution in [-0.4, -0.2) is 19.7 Å². The molecule has 0 spiro atoms. The zero-order valence-electron chi connectivity index (χ0n) is 16.5. The molecule has 2 atom stereocenters. The van der Waals surface area contributed by atoms with Crippen molar-refractivity contribution in [2.75, 3.05) is 0 Å². The van der Waals surface area contributed by atoms with Gasteiger partial charge in [-0.25, -0.2) is 4.98 Å². The molecule has 0 bridgehead atoms. The average molecular weight is 453 g/mol. The topological polar surface area (TPSA) is 43.6 Å². The Morgan fingerprint density at radius 3 is 2.67 bits per heavy atom. The maximum atomic E-state index is 6.31. The first-order chi connectivity index (χ1) is 14.7. The second-order valence-electron chi connectivity index (χ2n) is 7.36. The summed E-state index contributed by atoms with van der Waals surface area (Å²) in [5, 5.41) is 13.8. The van der Waals surface area contributed by atoms with E-state index in [0.717, 1.165) is 51.0 Å². The van der Waals surface area contributed by atoms with E-state index in [2.05, 4.69) is 57.4 Å². The van der Waals surface area contributed by atoms with Crippen molar-refractivity contribution in [3.05, 3.63) is 82.1 Å². The second-order valence-corrected chi connectivity index (χ2v) is 9.56. The van der Waals surface area contributed by atoms with Gasteiger partial charge in [0.1, 0.15) is 10.8 Å². The first-order valence-corrected chi connectivity index (χ1v) is 12.3. The van der Waals surface area contributed by atoms with Gasteiger partial charge in [-0.15, -0.1) is 21.5 Å². The third-order valence-electron chi connectivity index (χ3n) is 5.42. The molecule has 2 heterocycles. The predicted octanol–water partition coefficient (Wildman–Crippen LogP) is 6.64. The molecule has 4 nitrogen and oxygen atoms in total. The van der Waals surface area contributed by atoms with Crippen LogP contribution in [0.3, 0.4) is 0 Å². The molecule has 2 aromatic heterocycles. The first-order valence-electron chi connectivity index (χ1n) is 10.0. The summed E-state index contributed by atoms with van der Waals surface area (Å²) in [6, 6.07) is 18.6. The van der Waals surface area contributed by atoms with Crippen molar-refractivity contribution in [3.63, 3.8) is 0 Å². The molecule has 1 aliphatic carbocycles. The van der Waals surface area contributed by atoms with Crippen molar-refractivity contribution in [2.24, 2.45) is 0 Å². The molecule has 0 N–H and O–H groups in total. The van der Waals surface area contributed by atoms with Crippen molar-refractivity contribution in [1.82, 2.24) is 19.7 Å². The largest absolute Gasteiger partial charge is 0.306 e. The lowest BCUT2D eigenvalue weighted by molar-refractivity contribution is 0.640. The highest BCUT2D eigenvalue weighted by atomic mass is 35.5. The molecule has 4 aromatic rings. The van der Waals surface area contributed by atoms with Crippen LogP contribution in [0, 0.1) is 0 Å². The summed E-state index contributed by atoms with van der Waals surface area (Å²) in [5.41, 5.74) is 3.43. The van der Waals surface area contributed by atoms with E-state index >= 15 is 0 Å². The van der Waals surface area contributed by atoms with Gasteiger partial charge in [0.25, 0.3) is 0 Å². The Bertz CT molecular complexity index is 1150. The predicted molar refractivity (Wildman–Crippen MR) is 124 cm³/mol. The molecule has 30 heavy (non-hydrogen) atoms. The number of thiazole rings is 1. The lowest BCUT2D eigenvalue weighted by atomic mass is 10.1. The minimum Gasteiger partial charge on any atom is -0.306 e. The van der Waals surface area contributed by atoms with Gasteiger partial charge in [0.05, 0.1) is 10.7 Å². The van der Waals surface area contributed by atoms with Gasteiger partial charge in [-0.3, -0.25) is 0 Å². The van der Waals surface area contributed by atoms with Gasteiger partial charge in [0, 0.05) is 29.2 Å². The average Bonchev–Trinajstić information content (AvgIpc) is 3.24.